The highest BCUT2D eigenvalue weighted by Crippen LogP contribution is 2.24. The van der Waals surface area contributed by atoms with Gasteiger partial charge < -0.3 is 10.1 Å². The first kappa shape index (κ1) is 12.9. The average molecular weight is 287 g/mol. The first-order valence-electron chi connectivity index (χ1n) is 6.29. The van der Waals surface area contributed by atoms with Gasteiger partial charge >= 0.3 is 0 Å². The van der Waals surface area contributed by atoms with Crippen LogP contribution in [0.3, 0.4) is 0 Å². The molecular formula is C14H13N3O2S. The van der Waals surface area contributed by atoms with Crippen molar-refractivity contribution in [2.75, 3.05) is 5.75 Å². The third-order valence-corrected chi connectivity index (χ3v) is 3.76. The van der Waals surface area contributed by atoms with Crippen molar-refractivity contribution in [1.82, 2.24) is 15.3 Å². The van der Waals surface area contributed by atoms with Crippen LogP contribution in [-0.2, 0) is 0 Å². The predicted molar refractivity (Wildman–Crippen MR) is 75.7 cm³/mol. The SMILES string of the molecule is O=C1N[C@@H](CCSc2ncccn2)Oc2ccccc21. The quantitative estimate of drug-likeness (QED) is 0.689. The Morgan fingerprint density at radius 2 is 2.00 bits per heavy atom. The number of hydrogen-bond acceptors (Lipinski definition) is 5. The van der Waals surface area contributed by atoms with Crippen LogP contribution in [0.1, 0.15) is 16.8 Å². The van der Waals surface area contributed by atoms with Gasteiger partial charge in [0.2, 0.25) is 0 Å². The minimum absolute atomic E-state index is 0.0854. The van der Waals surface area contributed by atoms with Gasteiger partial charge in [0.05, 0.1) is 5.56 Å². The standard InChI is InChI=1S/C14H13N3O2S/c18-13-10-4-1-2-5-11(10)19-12(17-13)6-9-20-14-15-7-3-8-16-14/h1-5,7-8,12H,6,9H2,(H,17,18)/t12-/m1/s1. The second kappa shape index (κ2) is 5.92. The second-order valence-electron chi connectivity index (χ2n) is 4.24. The molecule has 0 radical (unpaired) electrons. The summed E-state index contributed by atoms with van der Waals surface area (Å²) in [6.45, 7) is 0. The van der Waals surface area contributed by atoms with Gasteiger partial charge in [-0.25, -0.2) is 9.97 Å². The monoisotopic (exact) mass is 287 g/mol. The summed E-state index contributed by atoms with van der Waals surface area (Å²) in [5, 5.41) is 3.58. The molecule has 1 amide bonds. The van der Waals surface area contributed by atoms with E-state index < -0.39 is 0 Å². The maximum atomic E-state index is 11.9. The van der Waals surface area contributed by atoms with Crippen LogP contribution in [0.4, 0.5) is 0 Å². The maximum absolute atomic E-state index is 11.9. The third-order valence-electron chi connectivity index (χ3n) is 2.85. The molecule has 5 nitrogen and oxygen atoms in total. The van der Waals surface area contributed by atoms with E-state index in [0.717, 1.165) is 10.9 Å². The first-order valence-corrected chi connectivity index (χ1v) is 7.28. The summed E-state index contributed by atoms with van der Waals surface area (Å²) in [6.07, 6.45) is 3.83. The van der Waals surface area contributed by atoms with Crippen molar-refractivity contribution in [3.05, 3.63) is 48.3 Å². The molecule has 1 aliphatic heterocycles. The fourth-order valence-electron chi connectivity index (χ4n) is 1.91. The predicted octanol–water partition coefficient (Wildman–Crippen LogP) is 2.11. The molecule has 2 aromatic rings. The summed E-state index contributed by atoms with van der Waals surface area (Å²) in [4.78, 5) is 20.2. The number of nitrogens with zero attached hydrogens (tertiary/aromatic N) is 2. The Hall–Kier alpha value is -2.08. The van der Waals surface area contributed by atoms with E-state index in [2.05, 4.69) is 15.3 Å². The molecule has 1 aromatic heterocycles. The number of para-hydroxylation sites is 1. The van der Waals surface area contributed by atoms with Crippen molar-refractivity contribution >= 4 is 17.7 Å². The lowest BCUT2D eigenvalue weighted by molar-refractivity contribution is 0.0752. The number of carbonyl (C=O) groups excluding carboxylic acids is 1. The zero-order chi connectivity index (χ0) is 13.8. The molecule has 1 aliphatic rings. The molecule has 20 heavy (non-hydrogen) atoms. The average Bonchev–Trinajstić information content (AvgIpc) is 2.48. The maximum Gasteiger partial charge on any atom is 0.257 e. The Balaban J connectivity index is 1.57. The number of carbonyl (C=O) groups is 1. The minimum Gasteiger partial charge on any atom is -0.470 e. The van der Waals surface area contributed by atoms with Crippen LogP contribution in [0, 0.1) is 0 Å². The van der Waals surface area contributed by atoms with E-state index in [4.69, 9.17) is 4.74 Å². The molecule has 0 unspecified atom stereocenters. The Bertz CT molecular complexity index is 606. The number of fused-ring (bicyclic) bond motifs is 1. The summed E-state index contributed by atoms with van der Waals surface area (Å²) in [7, 11) is 0. The molecule has 2 heterocycles. The van der Waals surface area contributed by atoms with E-state index >= 15 is 0 Å². The van der Waals surface area contributed by atoms with Crippen LogP contribution >= 0.6 is 11.8 Å². The van der Waals surface area contributed by atoms with Gasteiger partial charge in [0.1, 0.15) is 5.75 Å². The molecule has 0 spiro atoms. The van der Waals surface area contributed by atoms with Gasteiger partial charge in [-0.15, -0.1) is 0 Å². The normalized spacial score (nSPS) is 17.0. The molecule has 6 heteroatoms. The van der Waals surface area contributed by atoms with Crippen LogP contribution in [0.5, 0.6) is 5.75 Å². The molecule has 102 valence electrons. The Kier molecular flexibility index (Phi) is 3.83. The molecule has 0 saturated carbocycles. The van der Waals surface area contributed by atoms with E-state index in [-0.39, 0.29) is 12.1 Å². The molecule has 0 fully saturated rings. The zero-order valence-corrected chi connectivity index (χ0v) is 11.5. The number of thioether (sulfide) groups is 1. The summed E-state index contributed by atoms with van der Waals surface area (Å²) in [5.74, 6) is 1.33. The topological polar surface area (TPSA) is 64.1 Å². The van der Waals surface area contributed by atoms with Crippen LogP contribution in [0.15, 0.2) is 47.9 Å². The molecule has 1 atom stereocenters. The van der Waals surface area contributed by atoms with E-state index in [1.165, 1.54) is 0 Å². The summed E-state index contributed by atoms with van der Waals surface area (Å²) in [5.41, 5.74) is 0.586. The Morgan fingerprint density at radius 3 is 2.85 bits per heavy atom. The van der Waals surface area contributed by atoms with Crippen LogP contribution < -0.4 is 10.1 Å². The molecule has 1 aromatic carbocycles. The number of benzene rings is 1. The summed E-state index contributed by atoms with van der Waals surface area (Å²) in [6, 6.07) is 9.04. The van der Waals surface area contributed by atoms with Gasteiger partial charge in [-0.05, 0) is 18.2 Å². The van der Waals surface area contributed by atoms with E-state index in [1.807, 2.05) is 18.2 Å². The van der Waals surface area contributed by atoms with Gasteiger partial charge in [-0.3, -0.25) is 4.79 Å². The third kappa shape index (κ3) is 2.91. The lowest BCUT2D eigenvalue weighted by Gasteiger charge is -2.26. The smallest absolute Gasteiger partial charge is 0.257 e. The molecule has 0 aliphatic carbocycles. The van der Waals surface area contributed by atoms with E-state index in [9.17, 15) is 4.79 Å². The minimum atomic E-state index is -0.298. The Morgan fingerprint density at radius 1 is 1.20 bits per heavy atom. The highest BCUT2D eigenvalue weighted by Gasteiger charge is 2.24. The number of ether oxygens (including phenoxy) is 1. The number of amides is 1. The highest BCUT2D eigenvalue weighted by atomic mass is 32.2. The van der Waals surface area contributed by atoms with Crippen molar-refractivity contribution in [3.63, 3.8) is 0 Å². The number of rotatable bonds is 4. The van der Waals surface area contributed by atoms with Crippen molar-refractivity contribution in [1.29, 1.82) is 0 Å². The highest BCUT2D eigenvalue weighted by molar-refractivity contribution is 7.99. The molecule has 0 saturated heterocycles. The van der Waals surface area contributed by atoms with Crippen LogP contribution in [0.25, 0.3) is 0 Å². The Labute approximate surface area is 120 Å². The molecule has 1 N–H and O–H groups in total. The summed E-state index contributed by atoms with van der Waals surface area (Å²) < 4.78 is 5.75. The zero-order valence-electron chi connectivity index (χ0n) is 10.7. The fourth-order valence-corrected chi connectivity index (χ4v) is 2.70. The van der Waals surface area contributed by atoms with E-state index in [1.54, 1.807) is 36.3 Å². The molecular weight excluding hydrogens is 274 g/mol. The number of hydrogen-bond donors (Lipinski definition) is 1. The fraction of sp³-hybridized carbons (Fsp3) is 0.214. The second-order valence-corrected chi connectivity index (χ2v) is 5.31. The van der Waals surface area contributed by atoms with E-state index in [0.29, 0.717) is 17.7 Å². The first-order chi connectivity index (χ1) is 9.83. The van der Waals surface area contributed by atoms with Gasteiger partial charge in [0, 0.05) is 24.6 Å². The van der Waals surface area contributed by atoms with Gasteiger partial charge in [0.15, 0.2) is 11.4 Å². The number of nitrogens with one attached hydrogen (secondary N) is 1. The lowest BCUT2D eigenvalue weighted by Crippen LogP contribution is -2.43. The summed E-state index contributed by atoms with van der Waals surface area (Å²) >= 11 is 1.54. The van der Waals surface area contributed by atoms with Crippen molar-refractivity contribution in [2.24, 2.45) is 0 Å². The van der Waals surface area contributed by atoms with Crippen LogP contribution in [-0.4, -0.2) is 27.9 Å². The van der Waals surface area contributed by atoms with Crippen LogP contribution in [0.2, 0.25) is 0 Å². The van der Waals surface area contributed by atoms with Gasteiger partial charge in [-0.2, -0.15) is 0 Å². The van der Waals surface area contributed by atoms with Crippen molar-refractivity contribution in [2.45, 2.75) is 17.8 Å². The van der Waals surface area contributed by atoms with Gasteiger partial charge in [0.25, 0.3) is 5.91 Å². The number of aromatic nitrogens is 2. The van der Waals surface area contributed by atoms with Crippen molar-refractivity contribution in [3.8, 4) is 5.75 Å². The lowest BCUT2D eigenvalue weighted by atomic mass is 10.1. The molecule has 0 bridgehead atoms. The van der Waals surface area contributed by atoms with Crippen molar-refractivity contribution < 1.29 is 9.53 Å². The molecule has 3 rings (SSSR count). The van der Waals surface area contributed by atoms with Gasteiger partial charge in [-0.1, -0.05) is 23.9 Å². The largest absolute Gasteiger partial charge is 0.470 e.